The molecule has 1 N–H and O–H groups in total. The van der Waals surface area contributed by atoms with E-state index in [9.17, 15) is 9.59 Å². The van der Waals surface area contributed by atoms with Crippen LogP contribution in [0.15, 0.2) is 11.4 Å². The van der Waals surface area contributed by atoms with Crippen molar-refractivity contribution in [2.45, 2.75) is 56.4 Å². The standard InChI is InChI=1S/C22H23N3O3S3/c1-28-22(27)18-13-6-3-2-4-8-14(13)31-21(18)25-16(26)10-29-19-17-12-7-5-9-15(12)30-20(17)24-11-23-19/h11H,2-10H2,1H3,(H,25,26). The van der Waals surface area contributed by atoms with Gasteiger partial charge in [-0.25, -0.2) is 14.8 Å². The molecule has 0 saturated heterocycles. The van der Waals surface area contributed by atoms with E-state index in [0.29, 0.717) is 10.6 Å². The minimum atomic E-state index is -0.367. The Morgan fingerprint density at radius 3 is 2.68 bits per heavy atom. The lowest BCUT2D eigenvalue weighted by molar-refractivity contribution is -0.113. The van der Waals surface area contributed by atoms with E-state index in [4.69, 9.17) is 4.74 Å². The number of amides is 1. The zero-order chi connectivity index (χ0) is 21.4. The van der Waals surface area contributed by atoms with E-state index >= 15 is 0 Å². The fraction of sp³-hybridized carbons (Fsp3) is 0.455. The van der Waals surface area contributed by atoms with Gasteiger partial charge < -0.3 is 10.1 Å². The number of anilines is 1. The molecule has 0 aromatic carbocycles. The monoisotopic (exact) mass is 473 g/mol. The highest BCUT2D eigenvalue weighted by Crippen LogP contribution is 2.41. The molecule has 0 spiro atoms. The van der Waals surface area contributed by atoms with Crippen LogP contribution in [-0.4, -0.2) is 34.7 Å². The van der Waals surface area contributed by atoms with Crippen LogP contribution in [0.4, 0.5) is 5.00 Å². The predicted molar refractivity (Wildman–Crippen MR) is 126 cm³/mol. The molecular weight excluding hydrogens is 450 g/mol. The quantitative estimate of drug-likeness (QED) is 0.242. The fourth-order valence-electron chi connectivity index (χ4n) is 4.45. The summed E-state index contributed by atoms with van der Waals surface area (Å²) in [5, 5.41) is 5.60. The van der Waals surface area contributed by atoms with Crippen LogP contribution in [0.5, 0.6) is 0 Å². The van der Waals surface area contributed by atoms with Crippen molar-refractivity contribution in [3.05, 3.63) is 32.8 Å². The van der Waals surface area contributed by atoms with Crippen molar-refractivity contribution >= 4 is 61.5 Å². The molecule has 162 valence electrons. The number of esters is 1. The first-order valence-corrected chi connectivity index (χ1v) is 13.2. The molecule has 0 unspecified atom stereocenters. The number of aryl methyl sites for hydroxylation is 3. The Morgan fingerprint density at radius 2 is 1.81 bits per heavy atom. The van der Waals surface area contributed by atoms with Crippen LogP contribution in [0.1, 0.15) is 56.9 Å². The van der Waals surface area contributed by atoms with E-state index in [1.165, 1.54) is 58.4 Å². The van der Waals surface area contributed by atoms with Crippen molar-refractivity contribution in [2.75, 3.05) is 18.2 Å². The molecule has 0 aliphatic heterocycles. The van der Waals surface area contributed by atoms with Gasteiger partial charge in [0.25, 0.3) is 0 Å². The Bertz CT molecular complexity index is 1170. The summed E-state index contributed by atoms with van der Waals surface area (Å²) in [5.41, 5.74) is 2.96. The first-order valence-electron chi connectivity index (χ1n) is 10.6. The SMILES string of the molecule is COC(=O)c1c(NC(=O)CSc2ncnc3sc4c(c23)CCC4)sc2c1CCCCC2. The van der Waals surface area contributed by atoms with Crippen LogP contribution in [0.2, 0.25) is 0 Å². The second kappa shape index (κ2) is 8.88. The number of carbonyl (C=O) groups excluding carboxylic acids is 2. The van der Waals surface area contributed by atoms with Gasteiger partial charge in [-0.15, -0.1) is 22.7 Å². The molecule has 5 rings (SSSR count). The lowest BCUT2D eigenvalue weighted by Crippen LogP contribution is -2.16. The first-order chi connectivity index (χ1) is 15.2. The topological polar surface area (TPSA) is 81.2 Å². The van der Waals surface area contributed by atoms with Crippen LogP contribution in [0.3, 0.4) is 0 Å². The Hall–Kier alpha value is -1.97. The Labute approximate surface area is 192 Å². The third-order valence-electron chi connectivity index (χ3n) is 5.87. The van der Waals surface area contributed by atoms with Gasteiger partial charge in [-0.2, -0.15) is 0 Å². The molecule has 3 aromatic rings. The molecule has 3 aromatic heterocycles. The molecule has 0 saturated carbocycles. The molecule has 0 radical (unpaired) electrons. The normalized spacial score (nSPS) is 15.4. The van der Waals surface area contributed by atoms with Gasteiger partial charge in [0.2, 0.25) is 5.91 Å². The minimum Gasteiger partial charge on any atom is -0.465 e. The smallest absolute Gasteiger partial charge is 0.341 e. The van der Waals surface area contributed by atoms with Crippen molar-refractivity contribution in [3.63, 3.8) is 0 Å². The first kappa shape index (κ1) is 20.9. The van der Waals surface area contributed by atoms with Crippen LogP contribution in [0.25, 0.3) is 10.2 Å². The number of thioether (sulfide) groups is 1. The number of ether oxygens (including phenoxy) is 1. The zero-order valence-electron chi connectivity index (χ0n) is 17.3. The molecule has 0 atom stereocenters. The molecular formula is C22H23N3O3S3. The third kappa shape index (κ3) is 3.99. The average Bonchev–Trinajstić information content (AvgIpc) is 3.40. The summed E-state index contributed by atoms with van der Waals surface area (Å²) < 4.78 is 5.03. The molecule has 3 heterocycles. The van der Waals surface area contributed by atoms with Gasteiger partial charge >= 0.3 is 5.97 Å². The number of hydrogen-bond acceptors (Lipinski definition) is 8. The van der Waals surface area contributed by atoms with Gasteiger partial charge in [-0.1, -0.05) is 18.2 Å². The maximum absolute atomic E-state index is 12.8. The zero-order valence-corrected chi connectivity index (χ0v) is 19.7. The number of fused-ring (bicyclic) bond motifs is 4. The summed E-state index contributed by atoms with van der Waals surface area (Å²) in [4.78, 5) is 37.8. The number of nitrogens with zero attached hydrogens (tertiary/aromatic N) is 2. The third-order valence-corrected chi connectivity index (χ3v) is 9.27. The second-order valence-electron chi connectivity index (χ2n) is 7.81. The Balaban J connectivity index is 1.35. The Morgan fingerprint density at radius 1 is 1.03 bits per heavy atom. The number of aromatic nitrogens is 2. The number of hydrogen-bond donors (Lipinski definition) is 1. The van der Waals surface area contributed by atoms with Crippen LogP contribution < -0.4 is 5.32 Å². The van der Waals surface area contributed by atoms with Crippen LogP contribution >= 0.6 is 34.4 Å². The maximum Gasteiger partial charge on any atom is 0.341 e. The molecule has 0 fully saturated rings. The highest BCUT2D eigenvalue weighted by molar-refractivity contribution is 8.00. The van der Waals surface area contributed by atoms with Gasteiger partial charge in [0.05, 0.1) is 18.4 Å². The predicted octanol–water partition coefficient (Wildman–Crippen LogP) is 5.03. The summed E-state index contributed by atoms with van der Waals surface area (Å²) in [6.45, 7) is 0. The lowest BCUT2D eigenvalue weighted by atomic mass is 10.1. The molecule has 1 amide bonds. The average molecular weight is 474 g/mol. The Kier molecular flexibility index (Phi) is 5.99. The minimum absolute atomic E-state index is 0.134. The van der Waals surface area contributed by atoms with Crippen LogP contribution in [0, 0.1) is 0 Å². The number of thiophene rings is 2. The summed E-state index contributed by atoms with van der Waals surface area (Å²) in [5.74, 6) is -0.265. The summed E-state index contributed by atoms with van der Waals surface area (Å²) in [6, 6.07) is 0. The van der Waals surface area contributed by atoms with E-state index in [-0.39, 0.29) is 17.6 Å². The van der Waals surface area contributed by atoms with E-state index in [0.717, 1.165) is 59.3 Å². The van der Waals surface area contributed by atoms with E-state index in [1.807, 2.05) is 0 Å². The van der Waals surface area contributed by atoms with E-state index < -0.39 is 0 Å². The molecule has 2 aliphatic rings. The number of nitrogens with one attached hydrogen (secondary N) is 1. The molecule has 2 aliphatic carbocycles. The lowest BCUT2D eigenvalue weighted by Gasteiger charge is -2.08. The van der Waals surface area contributed by atoms with Crippen molar-refractivity contribution in [1.82, 2.24) is 9.97 Å². The largest absolute Gasteiger partial charge is 0.465 e. The number of methoxy groups -OCH3 is 1. The molecule has 0 bridgehead atoms. The number of carbonyl (C=O) groups is 2. The van der Waals surface area contributed by atoms with Gasteiger partial charge in [-0.05, 0) is 56.1 Å². The summed E-state index contributed by atoms with van der Waals surface area (Å²) in [7, 11) is 1.39. The van der Waals surface area contributed by atoms with Gasteiger partial charge in [0.15, 0.2) is 0 Å². The van der Waals surface area contributed by atoms with Crippen LogP contribution in [-0.2, 0) is 35.2 Å². The fourth-order valence-corrected chi connectivity index (χ4v) is 7.87. The summed E-state index contributed by atoms with van der Waals surface area (Å²) in [6.07, 6.45) is 10.1. The van der Waals surface area contributed by atoms with Crippen molar-refractivity contribution in [2.24, 2.45) is 0 Å². The molecule has 31 heavy (non-hydrogen) atoms. The van der Waals surface area contributed by atoms with Gasteiger partial charge in [-0.3, -0.25) is 4.79 Å². The molecule has 6 nitrogen and oxygen atoms in total. The summed E-state index contributed by atoms with van der Waals surface area (Å²) >= 11 is 4.71. The van der Waals surface area contributed by atoms with Crippen molar-refractivity contribution in [3.8, 4) is 0 Å². The maximum atomic E-state index is 12.8. The number of rotatable bonds is 5. The highest BCUT2D eigenvalue weighted by atomic mass is 32.2. The second-order valence-corrected chi connectivity index (χ2v) is 11.0. The van der Waals surface area contributed by atoms with E-state index in [1.54, 1.807) is 17.7 Å². The van der Waals surface area contributed by atoms with Gasteiger partial charge in [0.1, 0.15) is 21.2 Å². The van der Waals surface area contributed by atoms with Crippen molar-refractivity contribution in [1.29, 1.82) is 0 Å². The highest BCUT2D eigenvalue weighted by Gasteiger charge is 2.27. The van der Waals surface area contributed by atoms with Crippen molar-refractivity contribution < 1.29 is 14.3 Å². The van der Waals surface area contributed by atoms with E-state index in [2.05, 4.69) is 15.3 Å². The molecule has 9 heteroatoms. The van der Waals surface area contributed by atoms with Gasteiger partial charge in [0, 0.05) is 15.1 Å².